The lowest BCUT2D eigenvalue weighted by molar-refractivity contribution is -0.137. The summed E-state index contributed by atoms with van der Waals surface area (Å²) in [5.74, 6) is 0.622. The molecule has 8 nitrogen and oxygen atoms in total. The van der Waals surface area contributed by atoms with Crippen LogP contribution in [0.15, 0.2) is 30.9 Å². The van der Waals surface area contributed by atoms with Crippen molar-refractivity contribution in [3.63, 3.8) is 0 Å². The molecule has 4 heterocycles. The molecule has 2 fully saturated rings. The van der Waals surface area contributed by atoms with Crippen LogP contribution in [-0.4, -0.2) is 66.8 Å². The molecule has 0 N–H and O–H groups in total. The topological polar surface area (TPSA) is 84.2 Å². The summed E-state index contributed by atoms with van der Waals surface area (Å²) in [4.78, 5) is 43.3. The second-order valence-electron chi connectivity index (χ2n) is 10.4. The van der Waals surface area contributed by atoms with E-state index in [9.17, 15) is 9.59 Å². The third-order valence-electron chi connectivity index (χ3n) is 8.04. The van der Waals surface area contributed by atoms with Crippen LogP contribution in [0, 0.1) is 26.7 Å². The van der Waals surface area contributed by atoms with Crippen molar-refractivity contribution in [3.8, 4) is 0 Å². The van der Waals surface area contributed by atoms with Crippen LogP contribution in [0.5, 0.6) is 0 Å². The second-order valence-corrected chi connectivity index (χ2v) is 10.4. The van der Waals surface area contributed by atoms with Gasteiger partial charge < -0.3 is 14.4 Å². The molecular weight excluding hydrogens is 452 g/mol. The van der Waals surface area contributed by atoms with Crippen LogP contribution in [0.3, 0.4) is 0 Å². The molecule has 5 rings (SSSR count). The quantitative estimate of drug-likeness (QED) is 0.540. The van der Waals surface area contributed by atoms with E-state index in [1.807, 2.05) is 18.2 Å². The second kappa shape index (κ2) is 10.4. The number of aromatic nitrogens is 4. The molecule has 2 amide bonds. The fraction of sp³-hybridized carbons (Fsp3) is 0.536. The number of nitrogens with zero attached hydrogens (tertiary/aromatic N) is 6. The van der Waals surface area contributed by atoms with Crippen LogP contribution in [0.4, 0.5) is 0 Å². The van der Waals surface area contributed by atoms with Crippen molar-refractivity contribution in [1.29, 1.82) is 0 Å². The molecule has 3 aromatic rings. The van der Waals surface area contributed by atoms with Crippen LogP contribution in [0.1, 0.15) is 65.8 Å². The number of likely N-dealkylation sites (tertiary alicyclic amines) is 2. The van der Waals surface area contributed by atoms with Crippen LogP contribution < -0.4 is 0 Å². The zero-order valence-corrected chi connectivity index (χ0v) is 21.6. The molecule has 0 bridgehead atoms. The number of benzene rings is 1. The standard InChI is InChI=1S/C28H36N6O2/c1-19-14-23-26(15-20(19)2)33(18-31-23)13-9-27(35)34-10-5-4-6-25(34)22-7-11-32(12-8-22)28(36)24-17-29-21(3)16-30-24/h14-18,22,25H,4-13H2,1-3H3/t25-/m0/s1. The van der Waals surface area contributed by atoms with Gasteiger partial charge in [0.1, 0.15) is 5.69 Å². The predicted molar refractivity (Wildman–Crippen MR) is 139 cm³/mol. The highest BCUT2D eigenvalue weighted by molar-refractivity contribution is 5.92. The maximum atomic E-state index is 13.4. The molecule has 2 saturated heterocycles. The number of piperidine rings is 2. The summed E-state index contributed by atoms with van der Waals surface area (Å²) in [6.07, 6.45) is 10.7. The molecular formula is C28H36N6O2. The molecule has 2 aromatic heterocycles. The van der Waals surface area contributed by atoms with E-state index in [1.54, 1.807) is 12.4 Å². The van der Waals surface area contributed by atoms with Gasteiger partial charge in [0.25, 0.3) is 5.91 Å². The van der Waals surface area contributed by atoms with Crippen LogP contribution in [0.2, 0.25) is 0 Å². The highest BCUT2D eigenvalue weighted by atomic mass is 16.2. The van der Waals surface area contributed by atoms with E-state index in [1.165, 1.54) is 11.1 Å². The molecule has 8 heteroatoms. The maximum Gasteiger partial charge on any atom is 0.274 e. The first-order valence-corrected chi connectivity index (χ1v) is 13.2. The minimum absolute atomic E-state index is 0.0458. The van der Waals surface area contributed by atoms with Crippen molar-refractivity contribution in [2.45, 2.75) is 71.9 Å². The predicted octanol–water partition coefficient (Wildman–Crippen LogP) is 4.08. The Labute approximate surface area is 212 Å². The smallest absolute Gasteiger partial charge is 0.274 e. The number of rotatable bonds is 5. The summed E-state index contributed by atoms with van der Waals surface area (Å²) in [7, 11) is 0. The van der Waals surface area contributed by atoms with Crippen molar-refractivity contribution in [1.82, 2.24) is 29.3 Å². The van der Waals surface area contributed by atoms with Gasteiger partial charge in [-0.2, -0.15) is 0 Å². The highest BCUT2D eigenvalue weighted by Crippen LogP contribution is 2.31. The fourth-order valence-corrected chi connectivity index (χ4v) is 5.76. The number of imidazole rings is 1. The minimum atomic E-state index is -0.0458. The van der Waals surface area contributed by atoms with E-state index in [2.05, 4.69) is 50.4 Å². The number of fused-ring (bicyclic) bond motifs is 1. The molecule has 0 aliphatic carbocycles. The SMILES string of the molecule is Cc1cnc(C(=O)N2CCC([C@@H]3CCCCN3C(=O)CCn3cnc4cc(C)c(C)cc43)CC2)cn1. The first-order valence-electron chi connectivity index (χ1n) is 13.2. The Morgan fingerprint density at radius 3 is 2.44 bits per heavy atom. The first-order chi connectivity index (χ1) is 17.4. The lowest BCUT2D eigenvalue weighted by atomic mass is 9.83. The van der Waals surface area contributed by atoms with Crippen LogP contribution in [-0.2, 0) is 11.3 Å². The Morgan fingerprint density at radius 2 is 1.69 bits per heavy atom. The van der Waals surface area contributed by atoms with Gasteiger partial charge in [0.05, 0.1) is 29.3 Å². The third-order valence-corrected chi connectivity index (χ3v) is 8.04. The van der Waals surface area contributed by atoms with Gasteiger partial charge in [-0.05, 0) is 82.1 Å². The number of carbonyl (C=O) groups excluding carboxylic acids is 2. The van der Waals surface area contributed by atoms with Crippen LogP contribution in [0.25, 0.3) is 11.0 Å². The summed E-state index contributed by atoms with van der Waals surface area (Å²) >= 11 is 0. The van der Waals surface area contributed by atoms with Gasteiger partial charge in [0, 0.05) is 44.8 Å². The largest absolute Gasteiger partial charge is 0.339 e. The van der Waals surface area contributed by atoms with E-state index in [-0.39, 0.29) is 17.9 Å². The Hall–Kier alpha value is -3.29. The van der Waals surface area contributed by atoms with Crippen molar-refractivity contribution < 1.29 is 9.59 Å². The van der Waals surface area contributed by atoms with E-state index in [0.717, 1.165) is 55.4 Å². The Balaban J connectivity index is 1.20. The average Bonchev–Trinajstić information content (AvgIpc) is 3.29. The Kier molecular flexibility index (Phi) is 7.03. The monoisotopic (exact) mass is 488 g/mol. The molecule has 190 valence electrons. The van der Waals surface area contributed by atoms with Gasteiger partial charge in [-0.1, -0.05) is 0 Å². The average molecular weight is 489 g/mol. The lowest BCUT2D eigenvalue weighted by Crippen LogP contribution is -2.51. The van der Waals surface area contributed by atoms with E-state index >= 15 is 0 Å². The van der Waals surface area contributed by atoms with Gasteiger partial charge in [-0.3, -0.25) is 14.6 Å². The summed E-state index contributed by atoms with van der Waals surface area (Å²) in [5, 5.41) is 0. The van der Waals surface area contributed by atoms with Gasteiger partial charge in [0.15, 0.2) is 0 Å². The molecule has 2 aliphatic rings. The highest BCUT2D eigenvalue weighted by Gasteiger charge is 2.35. The lowest BCUT2D eigenvalue weighted by Gasteiger charge is -2.43. The van der Waals surface area contributed by atoms with Crippen LogP contribution >= 0.6 is 0 Å². The molecule has 0 radical (unpaired) electrons. The molecule has 0 spiro atoms. The summed E-state index contributed by atoms with van der Waals surface area (Å²) < 4.78 is 2.11. The molecule has 36 heavy (non-hydrogen) atoms. The first kappa shape index (κ1) is 24.4. The third kappa shape index (κ3) is 4.99. The van der Waals surface area contributed by atoms with Crippen molar-refractivity contribution in [2.75, 3.05) is 19.6 Å². The van der Waals surface area contributed by atoms with Crippen molar-refractivity contribution >= 4 is 22.8 Å². The summed E-state index contributed by atoms with van der Waals surface area (Å²) in [5.41, 5.74) is 5.77. The zero-order valence-electron chi connectivity index (χ0n) is 21.6. The van der Waals surface area contributed by atoms with E-state index in [0.29, 0.717) is 37.7 Å². The number of carbonyl (C=O) groups is 2. The Bertz CT molecular complexity index is 1240. The maximum absolute atomic E-state index is 13.4. The normalized spacial score (nSPS) is 19.1. The molecule has 0 saturated carbocycles. The van der Waals surface area contributed by atoms with E-state index in [4.69, 9.17) is 0 Å². The molecule has 1 atom stereocenters. The molecule has 2 aliphatic heterocycles. The number of amides is 2. The Morgan fingerprint density at radius 1 is 0.917 bits per heavy atom. The number of hydrogen-bond acceptors (Lipinski definition) is 5. The zero-order chi connectivity index (χ0) is 25.2. The number of hydrogen-bond donors (Lipinski definition) is 0. The van der Waals surface area contributed by atoms with Gasteiger partial charge >= 0.3 is 0 Å². The summed E-state index contributed by atoms with van der Waals surface area (Å²) in [6, 6.07) is 4.56. The van der Waals surface area contributed by atoms with Gasteiger partial charge in [-0.25, -0.2) is 9.97 Å². The van der Waals surface area contributed by atoms with Gasteiger partial charge in [0.2, 0.25) is 5.91 Å². The minimum Gasteiger partial charge on any atom is -0.339 e. The molecule has 0 unspecified atom stereocenters. The fourth-order valence-electron chi connectivity index (χ4n) is 5.76. The number of aryl methyl sites for hydroxylation is 4. The summed E-state index contributed by atoms with van der Waals surface area (Å²) in [6.45, 7) is 8.97. The van der Waals surface area contributed by atoms with Crippen molar-refractivity contribution in [3.05, 3.63) is 53.4 Å². The van der Waals surface area contributed by atoms with Crippen molar-refractivity contribution in [2.24, 2.45) is 5.92 Å². The van der Waals surface area contributed by atoms with Gasteiger partial charge in [-0.15, -0.1) is 0 Å². The molecule has 1 aromatic carbocycles. The van der Waals surface area contributed by atoms with E-state index < -0.39 is 0 Å².